The van der Waals surface area contributed by atoms with E-state index in [9.17, 15) is 4.79 Å². The van der Waals surface area contributed by atoms with Crippen LogP contribution < -0.4 is 5.32 Å². The van der Waals surface area contributed by atoms with E-state index in [1.165, 1.54) is 0 Å². The van der Waals surface area contributed by atoms with Gasteiger partial charge >= 0.3 is 5.97 Å². The first-order valence-electron chi connectivity index (χ1n) is 2.88. The van der Waals surface area contributed by atoms with Gasteiger partial charge in [-0.25, -0.2) is 0 Å². The van der Waals surface area contributed by atoms with Crippen LogP contribution in [0.1, 0.15) is 13.8 Å². The molecular weight excluding hydrogens is 118 g/mol. The van der Waals surface area contributed by atoms with Gasteiger partial charge < -0.3 is 10.4 Å². The van der Waals surface area contributed by atoms with Crippen molar-refractivity contribution in [3.05, 3.63) is 0 Å². The van der Waals surface area contributed by atoms with E-state index in [-0.39, 0.29) is 0 Å². The van der Waals surface area contributed by atoms with Gasteiger partial charge in [-0.1, -0.05) is 0 Å². The lowest BCUT2D eigenvalue weighted by Crippen LogP contribution is -2.34. The molecule has 2 N–H and O–H groups in total. The lowest BCUT2D eigenvalue weighted by molar-refractivity contribution is -0.146. The van der Waals surface area contributed by atoms with Crippen LogP contribution in [0.4, 0.5) is 0 Å². The molecule has 0 fully saturated rings. The van der Waals surface area contributed by atoms with Crippen molar-refractivity contribution in [2.24, 2.45) is 5.41 Å². The Kier molecular flexibility index (Phi) is 2.65. The lowest BCUT2D eigenvalue weighted by Gasteiger charge is -2.17. The highest BCUT2D eigenvalue weighted by molar-refractivity contribution is 5.73. The van der Waals surface area contributed by atoms with Crippen LogP contribution in [0.25, 0.3) is 0 Å². The zero-order valence-electron chi connectivity index (χ0n) is 6.06. The molecule has 0 heterocycles. The first-order chi connectivity index (χ1) is 4.00. The molecule has 0 rings (SSSR count). The van der Waals surface area contributed by atoms with Crippen LogP contribution in [-0.4, -0.2) is 24.7 Å². The number of nitrogens with one attached hydrogen (secondary N) is 1. The van der Waals surface area contributed by atoms with Gasteiger partial charge in [0, 0.05) is 6.54 Å². The molecule has 0 aliphatic rings. The molecule has 0 atom stereocenters. The summed E-state index contributed by atoms with van der Waals surface area (Å²) in [6, 6.07) is 0. The molecule has 0 spiro atoms. The molecule has 3 nitrogen and oxygen atoms in total. The molecule has 3 heteroatoms. The van der Waals surface area contributed by atoms with Crippen LogP contribution in [-0.2, 0) is 4.79 Å². The summed E-state index contributed by atoms with van der Waals surface area (Å²) in [6.45, 7) is 3.88. The van der Waals surface area contributed by atoms with E-state index >= 15 is 0 Å². The van der Waals surface area contributed by atoms with E-state index in [1.807, 2.05) is 0 Å². The van der Waals surface area contributed by atoms with Crippen LogP contribution in [0.3, 0.4) is 0 Å². The lowest BCUT2D eigenvalue weighted by atomic mass is 9.94. The number of hydrogen-bond donors (Lipinski definition) is 2. The summed E-state index contributed by atoms with van der Waals surface area (Å²) in [5, 5.41) is 11.3. The van der Waals surface area contributed by atoms with Crippen molar-refractivity contribution in [3.63, 3.8) is 0 Å². The van der Waals surface area contributed by atoms with Gasteiger partial charge in [0.25, 0.3) is 0 Å². The Morgan fingerprint density at radius 2 is 2.11 bits per heavy atom. The molecule has 0 unspecified atom stereocenters. The van der Waals surface area contributed by atoms with Crippen molar-refractivity contribution in [2.75, 3.05) is 13.6 Å². The van der Waals surface area contributed by atoms with E-state index in [2.05, 4.69) is 5.32 Å². The largest absolute Gasteiger partial charge is 0.481 e. The molecule has 0 aromatic carbocycles. The quantitative estimate of drug-likeness (QED) is 0.579. The van der Waals surface area contributed by atoms with E-state index in [1.54, 1.807) is 20.9 Å². The SMILES string of the molecule is CNCC(C)(C)C(=O)O. The van der Waals surface area contributed by atoms with Gasteiger partial charge in [-0.15, -0.1) is 0 Å². The molecular formula is C6H13NO2. The molecule has 0 amide bonds. The van der Waals surface area contributed by atoms with E-state index < -0.39 is 11.4 Å². The van der Waals surface area contributed by atoms with E-state index in [4.69, 9.17) is 5.11 Å². The predicted molar refractivity (Wildman–Crippen MR) is 35.3 cm³/mol. The minimum Gasteiger partial charge on any atom is -0.481 e. The van der Waals surface area contributed by atoms with Crippen molar-refractivity contribution in [1.82, 2.24) is 5.32 Å². The van der Waals surface area contributed by atoms with Gasteiger partial charge in [-0.2, -0.15) is 0 Å². The van der Waals surface area contributed by atoms with Crippen molar-refractivity contribution < 1.29 is 9.90 Å². The topological polar surface area (TPSA) is 49.3 Å². The highest BCUT2D eigenvalue weighted by Gasteiger charge is 2.25. The molecule has 0 bridgehead atoms. The van der Waals surface area contributed by atoms with E-state index in [0.717, 1.165) is 0 Å². The number of aliphatic carboxylic acids is 1. The Hall–Kier alpha value is -0.570. The zero-order chi connectivity index (χ0) is 7.49. The average Bonchev–Trinajstić information content (AvgIpc) is 1.65. The summed E-state index contributed by atoms with van der Waals surface area (Å²) in [4.78, 5) is 10.4. The Morgan fingerprint density at radius 3 is 2.22 bits per heavy atom. The van der Waals surface area contributed by atoms with Gasteiger partial charge in [0.15, 0.2) is 0 Å². The van der Waals surface area contributed by atoms with Crippen molar-refractivity contribution in [1.29, 1.82) is 0 Å². The number of rotatable bonds is 3. The number of hydrogen-bond acceptors (Lipinski definition) is 2. The fraction of sp³-hybridized carbons (Fsp3) is 0.833. The van der Waals surface area contributed by atoms with Crippen LogP contribution in [0.5, 0.6) is 0 Å². The minimum atomic E-state index is -0.767. The highest BCUT2D eigenvalue weighted by Crippen LogP contribution is 2.12. The standard InChI is InChI=1S/C6H13NO2/c1-6(2,4-7-3)5(8)9/h7H,4H2,1-3H3,(H,8,9). The first kappa shape index (κ1) is 8.43. The molecule has 0 aromatic heterocycles. The monoisotopic (exact) mass is 131 g/mol. The molecule has 54 valence electrons. The second-order valence-corrected chi connectivity index (χ2v) is 2.72. The predicted octanol–water partition coefficient (Wildman–Crippen LogP) is 0.317. The van der Waals surface area contributed by atoms with Crippen LogP contribution in [0.2, 0.25) is 0 Å². The molecule has 0 aromatic rings. The third kappa shape index (κ3) is 2.46. The highest BCUT2D eigenvalue weighted by atomic mass is 16.4. The Bertz CT molecular complexity index is 110. The van der Waals surface area contributed by atoms with Gasteiger partial charge in [0.05, 0.1) is 5.41 Å². The summed E-state index contributed by atoms with van der Waals surface area (Å²) in [5.74, 6) is -0.767. The Morgan fingerprint density at radius 1 is 1.67 bits per heavy atom. The van der Waals surface area contributed by atoms with Gasteiger partial charge in [0.2, 0.25) is 0 Å². The smallest absolute Gasteiger partial charge is 0.310 e. The fourth-order valence-electron chi connectivity index (χ4n) is 0.518. The molecule has 0 aliphatic heterocycles. The molecule has 0 saturated heterocycles. The summed E-state index contributed by atoms with van der Waals surface area (Å²) in [7, 11) is 1.74. The van der Waals surface area contributed by atoms with Gasteiger partial charge in [0.1, 0.15) is 0 Å². The number of carboxylic acids is 1. The fourth-order valence-corrected chi connectivity index (χ4v) is 0.518. The number of carboxylic acid groups (broad SMARTS) is 1. The second-order valence-electron chi connectivity index (χ2n) is 2.72. The van der Waals surface area contributed by atoms with Crippen LogP contribution >= 0.6 is 0 Å². The van der Waals surface area contributed by atoms with Crippen LogP contribution in [0.15, 0.2) is 0 Å². The summed E-state index contributed by atoms with van der Waals surface area (Å²) in [6.07, 6.45) is 0. The maximum absolute atomic E-state index is 10.4. The van der Waals surface area contributed by atoms with Gasteiger partial charge in [-0.05, 0) is 20.9 Å². The summed E-state index contributed by atoms with van der Waals surface area (Å²) >= 11 is 0. The Labute approximate surface area is 55.1 Å². The van der Waals surface area contributed by atoms with Gasteiger partial charge in [-0.3, -0.25) is 4.79 Å². The zero-order valence-corrected chi connectivity index (χ0v) is 6.06. The van der Waals surface area contributed by atoms with E-state index in [0.29, 0.717) is 6.54 Å². The van der Waals surface area contributed by atoms with Crippen molar-refractivity contribution in [2.45, 2.75) is 13.8 Å². The maximum Gasteiger partial charge on any atom is 0.310 e. The normalized spacial score (nSPS) is 11.4. The molecule has 9 heavy (non-hydrogen) atoms. The van der Waals surface area contributed by atoms with Crippen molar-refractivity contribution in [3.8, 4) is 0 Å². The average molecular weight is 131 g/mol. The Balaban J connectivity index is 3.85. The molecule has 0 saturated carbocycles. The third-order valence-corrected chi connectivity index (χ3v) is 1.20. The summed E-state index contributed by atoms with van der Waals surface area (Å²) in [5.41, 5.74) is -0.644. The third-order valence-electron chi connectivity index (χ3n) is 1.20. The molecule has 0 radical (unpaired) electrons. The first-order valence-corrected chi connectivity index (χ1v) is 2.88. The number of carbonyl (C=O) groups is 1. The van der Waals surface area contributed by atoms with Crippen molar-refractivity contribution >= 4 is 5.97 Å². The summed E-state index contributed by atoms with van der Waals surface area (Å²) < 4.78 is 0. The minimum absolute atomic E-state index is 0.502. The maximum atomic E-state index is 10.4. The second kappa shape index (κ2) is 2.82. The van der Waals surface area contributed by atoms with Crippen LogP contribution in [0, 0.1) is 5.41 Å². The molecule has 0 aliphatic carbocycles.